The van der Waals surface area contributed by atoms with Gasteiger partial charge in [-0.2, -0.15) is 0 Å². The molecule has 29 heteroatoms. The van der Waals surface area contributed by atoms with E-state index in [4.69, 9.17) is 126 Å². The first-order valence-electron chi connectivity index (χ1n) is 43.1. The van der Waals surface area contributed by atoms with Gasteiger partial charge in [0.2, 0.25) is 13.5 Å². The number of esters is 4. The first-order chi connectivity index (χ1) is 55.1. The molecule has 0 unspecified atom stereocenters. The number of nitrogens with one attached hydrogen (secondary N) is 2. The number of alkyl carbamates (subject to hydrolysis) is 1. The molecule has 3 rings (SSSR count). The van der Waals surface area contributed by atoms with E-state index < -0.39 is 138 Å². The number of methoxy groups -OCH3 is 1. The minimum atomic E-state index is -5.24. The lowest BCUT2D eigenvalue weighted by Gasteiger charge is -2.45. The van der Waals surface area contributed by atoms with Crippen LogP contribution in [0.15, 0.2) is 60.7 Å². The molecule has 1 aliphatic heterocycles. The maximum absolute atomic E-state index is 15.9. The Labute approximate surface area is 717 Å². The molecular formula is C86H139Cl6N2O20P. The fourth-order valence-electron chi connectivity index (χ4n) is 13.3. The summed E-state index contributed by atoms with van der Waals surface area (Å²) in [5.74, 6) is -3.93. The number of para-hydroxylation sites is 2. The standard InChI is InChI=1S/C86H139Cl6N2O20P/c1-8-12-16-20-24-28-30-34-38-42-52-60-74(96)107-69(58-46-40-36-32-26-22-18-14-10-3)62-73(95)93-71(80(99)103-7)64-104-81-77(94-82(100)106-66-85(87,88)89)79(110-76(98)63-70(59-47-41-37-33-27-23-19-15-11-4)108-75(97)61-53-43-39-35-31-29-25-21-17-13-9-2)78(72(109-81)65-105-83(101)111-84(5,6)86(90,91)92)114-115(102,112-67-54-48-44-49-55-67)113-68-56-50-45-51-57-68/h44-45,48-51,54-57,69-72,77-79,81H,8-43,46-47,52-53,58-66H2,1-7H3,(H,93,95)(H,94,100)/t69-,70-,71+,72-,77+,78-,79-,81-/m1/s1. The fraction of sp³-hybridized carbons (Fsp3) is 0.779. The van der Waals surface area contributed by atoms with Crippen LogP contribution in [0, 0.1) is 0 Å². The van der Waals surface area contributed by atoms with E-state index in [2.05, 4.69) is 38.3 Å². The number of rotatable bonds is 67. The van der Waals surface area contributed by atoms with Gasteiger partial charge in [-0.25, -0.2) is 18.9 Å². The van der Waals surface area contributed by atoms with Crippen LogP contribution in [0.4, 0.5) is 9.59 Å². The van der Waals surface area contributed by atoms with Gasteiger partial charge < -0.3 is 62.3 Å². The lowest BCUT2D eigenvalue weighted by Crippen LogP contribution is -2.67. The number of hydrogen-bond donors (Lipinski definition) is 2. The molecule has 8 atom stereocenters. The van der Waals surface area contributed by atoms with Crippen molar-refractivity contribution in [3.8, 4) is 11.5 Å². The van der Waals surface area contributed by atoms with Crippen LogP contribution in [0.2, 0.25) is 0 Å². The third-order valence-corrected chi connectivity index (χ3v) is 23.1. The molecule has 1 fully saturated rings. The van der Waals surface area contributed by atoms with Crippen molar-refractivity contribution in [2.45, 2.75) is 399 Å². The zero-order valence-corrected chi connectivity index (χ0v) is 75.4. The Kier molecular flexibility index (Phi) is 57.4. The molecule has 2 aromatic carbocycles. The number of phosphoric ester groups is 1. The van der Waals surface area contributed by atoms with E-state index in [9.17, 15) is 28.8 Å². The molecule has 115 heavy (non-hydrogen) atoms. The van der Waals surface area contributed by atoms with E-state index in [0.29, 0.717) is 32.1 Å². The lowest BCUT2D eigenvalue weighted by molar-refractivity contribution is -0.272. The molecular weight excluding hydrogens is 1620 g/mol. The Morgan fingerprint density at radius 1 is 0.496 bits per heavy atom. The highest BCUT2D eigenvalue weighted by Crippen LogP contribution is 2.53. The van der Waals surface area contributed by atoms with Crippen LogP contribution in [-0.2, 0) is 75.7 Å². The van der Waals surface area contributed by atoms with Gasteiger partial charge in [-0.15, -0.1) is 0 Å². The Morgan fingerprint density at radius 2 is 0.887 bits per heavy atom. The van der Waals surface area contributed by atoms with Crippen LogP contribution >= 0.6 is 77.4 Å². The van der Waals surface area contributed by atoms with Crippen LogP contribution < -0.4 is 19.7 Å². The zero-order valence-electron chi connectivity index (χ0n) is 69.9. The van der Waals surface area contributed by atoms with Gasteiger partial charge >= 0.3 is 43.9 Å². The number of alkyl halides is 6. The summed E-state index contributed by atoms with van der Waals surface area (Å²) in [7, 11) is -4.16. The number of carbonyl (C=O) groups is 7. The summed E-state index contributed by atoms with van der Waals surface area (Å²) in [6, 6.07) is 11.8. The van der Waals surface area contributed by atoms with Gasteiger partial charge in [-0.3, -0.25) is 23.7 Å². The molecule has 0 aromatic heterocycles. The van der Waals surface area contributed by atoms with Gasteiger partial charge in [-0.1, -0.05) is 365 Å². The van der Waals surface area contributed by atoms with Crippen LogP contribution in [0.3, 0.4) is 0 Å². The first kappa shape index (κ1) is 105. The van der Waals surface area contributed by atoms with E-state index in [1.807, 2.05) is 0 Å². The maximum Gasteiger partial charge on any atom is 0.588 e. The largest absolute Gasteiger partial charge is 0.588 e. The van der Waals surface area contributed by atoms with Crippen LogP contribution in [0.25, 0.3) is 0 Å². The number of benzene rings is 2. The van der Waals surface area contributed by atoms with Crippen molar-refractivity contribution in [2.24, 2.45) is 0 Å². The predicted octanol–water partition coefficient (Wildman–Crippen LogP) is 24.6. The van der Waals surface area contributed by atoms with Crippen molar-refractivity contribution in [3.63, 3.8) is 0 Å². The quantitative estimate of drug-likeness (QED) is 0.0205. The minimum absolute atomic E-state index is 0.0543. The third kappa shape index (κ3) is 50.6. The molecule has 0 bridgehead atoms. The minimum Gasteiger partial charge on any atom is -0.467 e. The number of phosphoric acid groups is 1. The van der Waals surface area contributed by atoms with Gasteiger partial charge in [-0.05, 0) is 76.6 Å². The van der Waals surface area contributed by atoms with E-state index in [1.54, 1.807) is 36.4 Å². The molecule has 0 spiro atoms. The molecule has 1 saturated heterocycles. The smallest absolute Gasteiger partial charge is 0.467 e. The molecule has 660 valence electrons. The topological polar surface area (TPSA) is 271 Å². The number of halogens is 6. The molecule has 0 saturated carbocycles. The summed E-state index contributed by atoms with van der Waals surface area (Å²) < 4.78 is 83.9. The molecule has 0 radical (unpaired) electrons. The highest BCUT2D eigenvalue weighted by molar-refractivity contribution is 7.49. The summed E-state index contributed by atoms with van der Waals surface area (Å²) >= 11 is 37.1. The number of amides is 2. The summed E-state index contributed by atoms with van der Waals surface area (Å²) in [4.78, 5) is 99.8. The monoisotopic (exact) mass is 1760 g/mol. The van der Waals surface area contributed by atoms with E-state index >= 15 is 9.36 Å². The number of ether oxygens (including phenoxy) is 9. The summed E-state index contributed by atoms with van der Waals surface area (Å²) in [5, 5.41) is 5.23. The average molecular weight is 1760 g/mol. The van der Waals surface area contributed by atoms with Gasteiger partial charge in [0.25, 0.3) is 0 Å². The molecule has 2 N–H and O–H groups in total. The van der Waals surface area contributed by atoms with Gasteiger partial charge in [0.15, 0.2) is 24.0 Å². The highest BCUT2D eigenvalue weighted by atomic mass is 35.6. The van der Waals surface area contributed by atoms with Crippen molar-refractivity contribution < 1.29 is 94.3 Å². The highest BCUT2D eigenvalue weighted by Gasteiger charge is 2.55. The summed E-state index contributed by atoms with van der Waals surface area (Å²) in [6.45, 7) is 8.62. The van der Waals surface area contributed by atoms with Crippen molar-refractivity contribution in [2.75, 3.05) is 26.9 Å². The third-order valence-electron chi connectivity index (χ3n) is 20.0. The molecule has 22 nitrogen and oxygen atoms in total. The molecule has 0 aliphatic carbocycles. The number of carbonyl (C=O) groups excluding carboxylic acids is 7. The number of unbranched alkanes of at least 4 members (excludes halogenated alkanes) is 36. The van der Waals surface area contributed by atoms with Gasteiger partial charge in [0, 0.05) is 12.8 Å². The lowest BCUT2D eigenvalue weighted by atomic mass is 9.96. The SMILES string of the molecule is CCCCCCCCCCCCCC(=O)O[C@H](CCCCCCCCCCC)CC(=O)N[C@@H](CO[C@@H]1O[C@H](COC(=O)OC(C)(C)C(Cl)(Cl)Cl)[C@@H](OP(=O)(Oc2ccccc2)Oc2ccccc2)[C@H](OC(=O)C[C@@H](CCCCCCCCCCC)OC(=O)CCCCCCCCCCCCC)[C@@H]1NC(=O)OCC(Cl)(Cl)Cl)C(=O)OC. The Morgan fingerprint density at radius 3 is 1.28 bits per heavy atom. The van der Waals surface area contributed by atoms with Crippen LogP contribution in [0.5, 0.6) is 11.5 Å². The Bertz CT molecular complexity index is 2930. The van der Waals surface area contributed by atoms with E-state index in [-0.39, 0.29) is 37.2 Å². The van der Waals surface area contributed by atoms with Gasteiger partial charge in [0.1, 0.15) is 55.2 Å². The van der Waals surface area contributed by atoms with E-state index in [1.165, 1.54) is 122 Å². The van der Waals surface area contributed by atoms with Crippen molar-refractivity contribution >= 4 is 119 Å². The Balaban J connectivity index is 2.23. The van der Waals surface area contributed by atoms with Crippen LogP contribution in [-0.4, -0.2) is 131 Å². The Hall–Kier alpha value is -4.22. The van der Waals surface area contributed by atoms with Crippen LogP contribution in [0.1, 0.15) is 337 Å². The number of hydrogen-bond acceptors (Lipinski definition) is 20. The maximum atomic E-state index is 15.9. The predicted molar refractivity (Wildman–Crippen MR) is 455 cm³/mol. The second-order valence-corrected chi connectivity index (χ2v) is 37.0. The van der Waals surface area contributed by atoms with Crippen molar-refractivity contribution in [1.29, 1.82) is 0 Å². The van der Waals surface area contributed by atoms with Crippen molar-refractivity contribution in [1.82, 2.24) is 10.6 Å². The molecule has 2 amide bonds. The molecule has 2 aromatic rings. The summed E-state index contributed by atoms with van der Waals surface area (Å²) in [6.07, 6.45) is 28.8. The fourth-order valence-corrected chi connectivity index (χ4v) is 15.0. The summed E-state index contributed by atoms with van der Waals surface area (Å²) in [5.41, 5.74) is -1.86. The second kappa shape index (κ2) is 62.8. The van der Waals surface area contributed by atoms with Gasteiger partial charge in [0.05, 0.1) is 26.6 Å². The normalized spacial score (nSPS) is 16.7. The second-order valence-electron chi connectivity index (χ2n) is 30.8. The van der Waals surface area contributed by atoms with Crippen molar-refractivity contribution in [3.05, 3.63) is 60.7 Å². The van der Waals surface area contributed by atoms with E-state index in [0.717, 1.165) is 155 Å². The molecule has 1 aliphatic rings. The zero-order chi connectivity index (χ0) is 84.4. The average Bonchev–Trinajstić information content (AvgIpc) is 0.769. The molecule has 1 heterocycles. The first-order valence-corrected chi connectivity index (χ1v) is 46.8.